The molecule has 0 saturated heterocycles. The minimum Gasteiger partial charge on any atom is -0.493 e. The first-order valence-corrected chi connectivity index (χ1v) is 11.3. The van der Waals surface area contributed by atoms with Crippen molar-refractivity contribution in [3.05, 3.63) is 96.7 Å². The Morgan fingerprint density at radius 3 is 2.56 bits per heavy atom. The number of carbonyl (C=O) groups excluding carboxylic acids is 1. The number of aliphatic imine (C=N–C) groups is 1. The van der Waals surface area contributed by atoms with Gasteiger partial charge in [-0.15, -0.1) is 0 Å². The lowest BCUT2D eigenvalue weighted by Gasteiger charge is -2.14. The quantitative estimate of drug-likeness (QED) is 0.189. The molecule has 0 N–H and O–H groups in total. The van der Waals surface area contributed by atoms with Gasteiger partial charge in [-0.25, -0.2) is 9.79 Å². The zero-order chi connectivity index (χ0) is 22.7. The number of esters is 1. The molecule has 0 radical (unpaired) electrons. The Morgan fingerprint density at radius 2 is 1.84 bits per heavy atom. The summed E-state index contributed by atoms with van der Waals surface area (Å²) >= 11 is 14.2. The smallest absolute Gasteiger partial charge is 0.363 e. The summed E-state index contributed by atoms with van der Waals surface area (Å²) in [6.07, 6.45) is 1.66. The minimum atomic E-state index is -0.502. The zero-order valence-electron chi connectivity index (χ0n) is 16.8. The molecule has 3 aromatic rings. The van der Waals surface area contributed by atoms with E-state index < -0.39 is 5.97 Å². The fraction of sp³-hybridized carbons (Fsp3) is 0.0833. The minimum absolute atomic E-state index is 0.214. The van der Waals surface area contributed by atoms with Crippen molar-refractivity contribution in [2.24, 2.45) is 4.99 Å². The molecule has 8 heteroatoms. The molecule has 0 fully saturated rings. The lowest BCUT2D eigenvalue weighted by Crippen LogP contribution is -2.05. The van der Waals surface area contributed by atoms with Gasteiger partial charge in [0.25, 0.3) is 0 Å². The highest BCUT2D eigenvalue weighted by molar-refractivity contribution is 14.1. The Kier molecular flexibility index (Phi) is 7.03. The van der Waals surface area contributed by atoms with E-state index in [1.165, 1.54) is 0 Å². The Hall–Kier alpha value is -2.55. The highest BCUT2D eigenvalue weighted by Gasteiger charge is 2.24. The first kappa shape index (κ1) is 22.6. The largest absolute Gasteiger partial charge is 0.493 e. The zero-order valence-corrected chi connectivity index (χ0v) is 20.4. The summed E-state index contributed by atoms with van der Waals surface area (Å²) in [4.78, 5) is 16.6. The number of hydrogen-bond acceptors (Lipinski definition) is 5. The van der Waals surface area contributed by atoms with Crippen molar-refractivity contribution in [1.29, 1.82) is 0 Å². The van der Waals surface area contributed by atoms with E-state index in [2.05, 4.69) is 27.6 Å². The van der Waals surface area contributed by atoms with E-state index in [9.17, 15) is 4.79 Å². The van der Waals surface area contributed by atoms with Crippen LogP contribution in [0.25, 0.3) is 6.08 Å². The molecule has 0 spiro atoms. The number of carbonyl (C=O) groups is 1. The van der Waals surface area contributed by atoms with Gasteiger partial charge in [0.05, 0.1) is 20.7 Å². The number of cyclic esters (lactones) is 1. The van der Waals surface area contributed by atoms with Crippen molar-refractivity contribution in [1.82, 2.24) is 0 Å². The number of nitrogens with zero attached hydrogens (tertiary/aromatic N) is 1. The molecular weight excluding hydrogens is 564 g/mol. The molecular formula is C24H16Cl2INO4. The number of hydrogen-bond donors (Lipinski definition) is 0. The second-order valence-corrected chi connectivity index (χ2v) is 8.75. The SMILES string of the molecule is COc1cc(/C=C2\N=C(c3ccccc3)OC2=O)cc(I)c1OCc1ccc(Cl)c(Cl)c1. The predicted octanol–water partition coefficient (Wildman–Crippen LogP) is 6.53. The summed E-state index contributed by atoms with van der Waals surface area (Å²) in [5.74, 6) is 0.897. The van der Waals surface area contributed by atoms with E-state index in [4.69, 9.17) is 37.4 Å². The van der Waals surface area contributed by atoms with Crippen LogP contribution in [0.5, 0.6) is 11.5 Å². The summed E-state index contributed by atoms with van der Waals surface area (Å²) in [5.41, 5.74) is 2.56. The van der Waals surface area contributed by atoms with Crippen molar-refractivity contribution in [3.63, 3.8) is 0 Å². The van der Waals surface area contributed by atoms with E-state index in [0.29, 0.717) is 28.2 Å². The molecule has 0 saturated carbocycles. The monoisotopic (exact) mass is 579 g/mol. The summed E-state index contributed by atoms with van der Waals surface area (Å²) in [6.45, 7) is 0.292. The Balaban J connectivity index is 1.58. The van der Waals surface area contributed by atoms with E-state index in [1.54, 1.807) is 31.4 Å². The van der Waals surface area contributed by atoms with Crippen LogP contribution in [0.2, 0.25) is 10.0 Å². The molecule has 0 atom stereocenters. The number of halogens is 3. The predicted molar refractivity (Wildman–Crippen MR) is 134 cm³/mol. The van der Waals surface area contributed by atoms with Crippen LogP contribution in [-0.4, -0.2) is 19.0 Å². The van der Waals surface area contributed by atoms with Crippen molar-refractivity contribution in [2.45, 2.75) is 6.61 Å². The van der Waals surface area contributed by atoms with Gasteiger partial charge in [-0.3, -0.25) is 0 Å². The molecule has 1 heterocycles. The van der Waals surface area contributed by atoms with Crippen molar-refractivity contribution < 1.29 is 19.0 Å². The Bertz CT molecular complexity index is 1240. The molecule has 0 aromatic heterocycles. The highest BCUT2D eigenvalue weighted by Crippen LogP contribution is 2.36. The van der Waals surface area contributed by atoms with Gasteiger partial charge in [0.1, 0.15) is 6.61 Å². The van der Waals surface area contributed by atoms with Crippen LogP contribution in [0.1, 0.15) is 16.7 Å². The fourth-order valence-corrected chi connectivity index (χ4v) is 4.12. The fourth-order valence-electron chi connectivity index (χ4n) is 3.02. The molecule has 4 rings (SSSR count). The summed E-state index contributed by atoms with van der Waals surface area (Å²) in [7, 11) is 1.56. The standard InChI is InChI=1S/C24H16Cl2INO4/c1-30-21-12-15(11-20-24(29)32-23(28-20)16-5-3-2-4-6-16)10-19(27)22(21)31-13-14-7-8-17(25)18(26)9-14/h2-12H,13H2,1H3/b20-11-. The Labute approximate surface area is 208 Å². The number of rotatable bonds is 6. The molecule has 3 aromatic carbocycles. The van der Waals surface area contributed by atoms with Gasteiger partial charge in [-0.1, -0.05) is 47.5 Å². The van der Waals surface area contributed by atoms with Crippen LogP contribution in [0.4, 0.5) is 0 Å². The van der Waals surface area contributed by atoms with Crippen LogP contribution in [0.3, 0.4) is 0 Å². The molecule has 162 valence electrons. The van der Waals surface area contributed by atoms with Crippen LogP contribution in [0, 0.1) is 3.57 Å². The van der Waals surface area contributed by atoms with Crippen LogP contribution in [0.15, 0.2) is 71.4 Å². The van der Waals surface area contributed by atoms with E-state index in [0.717, 1.165) is 20.3 Å². The molecule has 1 aliphatic heterocycles. The number of ether oxygens (including phenoxy) is 3. The van der Waals surface area contributed by atoms with E-state index >= 15 is 0 Å². The normalized spacial score (nSPS) is 14.3. The lowest BCUT2D eigenvalue weighted by atomic mass is 10.1. The molecule has 0 aliphatic carbocycles. The highest BCUT2D eigenvalue weighted by atomic mass is 127. The van der Waals surface area contributed by atoms with Crippen LogP contribution in [-0.2, 0) is 16.1 Å². The third-order valence-electron chi connectivity index (χ3n) is 4.56. The third kappa shape index (κ3) is 5.09. The molecule has 0 amide bonds. The maximum Gasteiger partial charge on any atom is 0.363 e. The maximum atomic E-state index is 12.3. The first-order chi connectivity index (χ1) is 15.4. The van der Waals surface area contributed by atoms with Gasteiger partial charge < -0.3 is 14.2 Å². The average molecular weight is 580 g/mol. The summed E-state index contributed by atoms with van der Waals surface area (Å²) < 4.78 is 17.6. The van der Waals surface area contributed by atoms with Gasteiger partial charge in [-0.2, -0.15) is 0 Å². The van der Waals surface area contributed by atoms with Gasteiger partial charge in [0.2, 0.25) is 5.90 Å². The van der Waals surface area contributed by atoms with Crippen molar-refractivity contribution in [3.8, 4) is 11.5 Å². The first-order valence-electron chi connectivity index (χ1n) is 9.47. The van der Waals surface area contributed by atoms with Crippen LogP contribution < -0.4 is 9.47 Å². The molecule has 0 unspecified atom stereocenters. The molecule has 0 bridgehead atoms. The van der Waals surface area contributed by atoms with Gasteiger partial charge in [0, 0.05) is 5.56 Å². The average Bonchev–Trinajstić information content (AvgIpc) is 3.15. The van der Waals surface area contributed by atoms with Crippen LogP contribution >= 0.6 is 45.8 Å². The topological polar surface area (TPSA) is 57.1 Å². The number of methoxy groups -OCH3 is 1. The lowest BCUT2D eigenvalue weighted by molar-refractivity contribution is -0.129. The van der Waals surface area contributed by atoms with Gasteiger partial charge >= 0.3 is 5.97 Å². The summed E-state index contributed by atoms with van der Waals surface area (Å²) in [6, 6.07) is 18.3. The third-order valence-corrected chi connectivity index (χ3v) is 6.10. The van der Waals surface area contributed by atoms with E-state index in [1.807, 2.05) is 42.5 Å². The number of benzene rings is 3. The molecule has 1 aliphatic rings. The molecule has 5 nitrogen and oxygen atoms in total. The molecule has 32 heavy (non-hydrogen) atoms. The second-order valence-electron chi connectivity index (χ2n) is 6.77. The van der Waals surface area contributed by atoms with Crippen molar-refractivity contribution in [2.75, 3.05) is 7.11 Å². The van der Waals surface area contributed by atoms with E-state index in [-0.39, 0.29) is 11.6 Å². The maximum absolute atomic E-state index is 12.3. The van der Waals surface area contributed by atoms with Gasteiger partial charge in [-0.05, 0) is 76.2 Å². The summed E-state index contributed by atoms with van der Waals surface area (Å²) in [5, 5.41) is 0.957. The Morgan fingerprint density at radius 1 is 1.06 bits per heavy atom. The van der Waals surface area contributed by atoms with Gasteiger partial charge in [0.15, 0.2) is 17.2 Å². The second kappa shape index (κ2) is 9.94. The van der Waals surface area contributed by atoms with Crippen molar-refractivity contribution >= 4 is 63.7 Å².